The molecule has 32 heavy (non-hydrogen) atoms. The number of nitrogens with zero attached hydrogens (tertiary/aromatic N) is 5. The summed E-state index contributed by atoms with van der Waals surface area (Å²) < 4.78 is 7.59. The fraction of sp³-hybridized carbons (Fsp3) is 0.375. The molecule has 0 N–H and O–H groups in total. The predicted octanol–water partition coefficient (Wildman–Crippen LogP) is 3.86. The molecular formula is C24H29N5O2S. The highest BCUT2D eigenvalue weighted by Crippen LogP contribution is 2.22. The van der Waals surface area contributed by atoms with Crippen LogP contribution in [0.5, 0.6) is 5.75 Å². The number of rotatable bonds is 8. The van der Waals surface area contributed by atoms with Crippen molar-refractivity contribution in [1.29, 1.82) is 0 Å². The topological polar surface area (TPSA) is 63.5 Å². The molecule has 3 heterocycles. The third kappa shape index (κ3) is 6.34. The largest absolute Gasteiger partial charge is 0.415 e. The van der Waals surface area contributed by atoms with E-state index in [1.54, 1.807) is 22.9 Å². The van der Waals surface area contributed by atoms with Gasteiger partial charge in [0.2, 0.25) is 0 Å². The van der Waals surface area contributed by atoms with Crippen LogP contribution in [0.1, 0.15) is 17.7 Å². The summed E-state index contributed by atoms with van der Waals surface area (Å²) in [6.07, 6.45) is 7.37. The van der Waals surface area contributed by atoms with Crippen LogP contribution in [0.25, 0.3) is 0 Å². The molecule has 168 valence electrons. The SMILES string of the molecule is Cn1ccnc1SCc1ccc(OC(=O)N2CCN(CCCc3ccccn3)CC2)cc1. The molecule has 0 saturated carbocycles. The summed E-state index contributed by atoms with van der Waals surface area (Å²) in [6.45, 7) is 4.17. The number of carbonyl (C=O) groups excluding carboxylic acids is 1. The molecule has 2 aromatic heterocycles. The molecule has 0 atom stereocenters. The summed E-state index contributed by atoms with van der Waals surface area (Å²) >= 11 is 1.68. The third-order valence-corrected chi connectivity index (χ3v) is 6.67. The van der Waals surface area contributed by atoms with Crippen LogP contribution in [0.2, 0.25) is 0 Å². The second-order valence-electron chi connectivity index (χ2n) is 7.87. The molecule has 1 aliphatic rings. The summed E-state index contributed by atoms with van der Waals surface area (Å²) in [5.74, 6) is 1.40. The molecule has 4 rings (SSSR count). The molecule has 1 aliphatic heterocycles. The van der Waals surface area contributed by atoms with E-state index in [9.17, 15) is 4.79 Å². The van der Waals surface area contributed by atoms with Gasteiger partial charge in [-0.2, -0.15) is 0 Å². The van der Waals surface area contributed by atoms with E-state index in [0.717, 1.165) is 54.6 Å². The first-order chi connectivity index (χ1) is 15.7. The van der Waals surface area contributed by atoms with E-state index in [4.69, 9.17) is 4.74 Å². The first-order valence-electron chi connectivity index (χ1n) is 11.0. The molecule has 0 spiro atoms. The summed E-state index contributed by atoms with van der Waals surface area (Å²) in [6, 6.07) is 13.8. The number of hydrogen-bond acceptors (Lipinski definition) is 6. The zero-order valence-corrected chi connectivity index (χ0v) is 19.2. The van der Waals surface area contributed by atoms with Gasteiger partial charge in [-0.1, -0.05) is 30.0 Å². The quantitative estimate of drug-likeness (QED) is 0.485. The Kier molecular flexibility index (Phi) is 7.79. The van der Waals surface area contributed by atoms with Crippen LogP contribution < -0.4 is 4.74 Å². The normalized spacial score (nSPS) is 14.5. The molecule has 0 unspecified atom stereocenters. The monoisotopic (exact) mass is 451 g/mol. The number of imidazole rings is 1. The zero-order chi connectivity index (χ0) is 22.2. The van der Waals surface area contributed by atoms with Gasteiger partial charge in [0, 0.05) is 63.3 Å². The van der Waals surface area contributed by atoms with Crippen molar-refractivity contribution in [2.45, 2.75) is 23.8 Å². The molecule has 3 aromatic rings. The lowest BCUT2D eigenvalue weighted by Gasteiger charge is -2.34. The van der Waals surface area contributed by atoms with Crippen LogP contribution in [0.3, 0.4) is 0 Å². The molecule has 0 radical (unpaired) electrons. The average Bonchev–Trinajstić information content (AvgIpc) is 3.24. The maximum atomic E-state index is 12.5. The number of carbonyl (C=O) groups is 1. The summed E-state index contributed by atoms with van der Waals surface area (Å²) in [7, 11) is 1.99. The van der Waals surface area contributed by atoms with E-state index in [1.165, 1.54) is 0 Å². The highest BCUT2D eigenvalue weighted by molar-refractivity contribution is 7.98. The number of ether oxygens (including phenoxy) is 1. The van der Waals surface area contributed by atoms with E-state index in [-0.39, 0.29) is 6.09 Å². The standard InChI is InChI=1S/C24H29N5O2S/c1-27-14-12-26-23(27)32-19-20-7-9-22(10-8-20)31-24(30)29-17-15-28(16-18-29)13-4-6-21-5-2-3-11-25-21/h2-3,5,7-12,14H,4,6,13,15-19H2,1H3. The highest BCUT2D eigenvalue weighted by atomic mass is 32.2. The molecular weight excluding hydrogens is 422 g/mol. The number of thioether (sulfide) groups is 1. The van der Waals surface area contributed by atoms with Crippen molar-refractivity contribution < 1.29 is 9.53 Å². The lowest BCUT2D eigenvalue weighted by Crippen LogP contribution is -2.49. The van der Waals surface area contributed by atoms with Gasteiger partial charge in [-0.25, -0.2) is 9.78 Å². The van der Waals surface area contributed by atoms with Gasteiger partial charge < -0.3 is 14.2 Å². The van der Waals surface area contributed by atoms with Gasteiger partial charge in [-0.3, -0.25) is 9.88 Å². The Bertz CT molecular complexity index is 985. The molecule has 8 heteroatoms. The second kappa shape index (κ2) is 11.2. The predicted molar refractivity (Wildman–Crippen MR) is 126 cm³/mol. The Labute approximate surface area is 193 Å². The molecule has 0 aliphatic carbocycles. The maximum absolute atomic E-state index is 12.5. The number of benzene rings is 1. The van der Waals surface area contributed by atoms with E-state index < -0.39 is 0 Å². The minimum absolute atomic E-state index is 0.270. The lowest BCUT2D eigenvalue weighted by molar-refractivity contribution is 0.110. The summed E-state index contributed by atoms with van der Waals surface area (Å²) in [4.78, 5) is 25.4. The lowest BCUT2D eigenvalue weighted by atomic mass is 10.2. The average molecular weight is 452 g/mol. The van der Waals surface area contributed by atoms with Gasteiger partial charge in [0.1, 0.15) is 5.75 Å². The van der Waals surface area contributed by atoms with E-state index in [2.05, 4.69) is 20.9 Å². The number of aryl methyl sites for hydroxylation is 2. The van der Waals surface area contributed by atoms with Crippen LogP contribution in [-0.2, 0) is 19.2 Å². The van der Waals surface area contributed by atoms with Crippen LogP contribution in [0.15, 0.2) is 66.2 Å². The van der Waals surface area contributed by atoms with Gasteiger partial charge in [-0.15, -0.1) is 0 Å². The van der Waals surface area contributed by atoms with Crippen molar-refractivity contribution in [3.63, 3.8) is 0 Å². The van der Waals surface area contributed by atoms with E-state index in [0.29, 0.717) is 18.8 Å². The molecule has 7 nitrogen and oxygen atoms in total. The van der Waals surface area contributed by atoms with Gasteiger partial charge >= 0.3 is 6.09 Å². The van der Waals surface area contributed by atoms with Gasteiger partial charge in [0.05, 0.1) is 0 Å². The number of pyridine rings is 1. The number of aromatic nitrogens is 3. The van der Waals surface area contributed by atoms with Crippen molar-refractivity contribution in [1.82, 2.24) is 24.3 Å². The van der Waals surface area contributed by atoms with Crippen LogP contribution in [-0.4, -0.2) is 63.2 Å². The summed E-state index contributed by atoms with van der Waals surface area (Å²) in [5, 5.41) is 0.983. The minimum Gasteiger partial charge on any atom is -0.410 e. The van der Waals surface area contributed by atoms with Crippen LogP contribution in [0, 0.1) is 0 Å². The number of amides is 1. The van der Waals surface area contributed by atoms with E-state index in [1.807, 2.05) is 60.4 Å². The maximum Gasteiger partial charge on any atom is 0.415 e. The van der Waals surface area contributed by atoms with Gasteiger partial charge in [-0.05, 0) is 49.2 Å². The van der Waals surface area contributed by atoms with Crippen molar-refractivity contribution in [3.05, 3.63) is 72.3 Å². The van der Waals surface area contributed by atoms with Gasteiger partial charge in [0.25, 0.3) is 0 Å². The number of piperazine rings is 1. The third-order valence-electron chi connectivity index (χ3n) is 5.54. The van der Waals surface area contributed by atoms with Gasteiger partial charge in [0.15, 0.2) is 5.16 Å². The Morgan fingerprint density at radius 2 is 1.84 bits per heavy atom. The first-order valence-corrected chi connectivity index (χ1v) is 11.9. The Morgan fingerprint density at radius 3 is 2.53 bits per heavy atom. The Hall–Kier alpha value is -2.84. The molecule has 1 aromatic carbocycles. The molecule has 1 amide bonds. The van der Waals surface area contributed by atoms with Crippen molar-refractivity contribution in [3.8, 4) is 5.75 Å². The first kappa shape index (κ1) is 22.4. The van der Waals surface area contributed by atoms with Crippen molar-refractivity contribution in [2.75, 3.05) is 32.7 Å². The summed E-state index contributed by atoms with van der Waals surface area (Å²) in [5.41, 5.74) is 2.30. The van der Waals surface area contributed by atoms with Crippen molar-refractivity contribution in [2.24, 2.45) is 7.05 Å². The number of hydrogen-bond donors (Lipinski definition) is 0. The zero-order valence-electron chi connectivity index (χ0n) is 18.4. The highest BCUT2D eigenvalue weighted by Gasteiger charge is 2.22. The Balaban J connectivity index is 1.16. The Morgan fingerprint density at radius 1 is 1.03 bits per heavy atom. The fourth-order valence-electron chi connectivity index (χ4n) is 3.64. The van der Waals surface area contributed by atoms with Crippen molar-refractivity contribution >= 4 is 17.9 Å². The van der Waals surface area contributed by atoms with Crippen LogP contribution in [0.4, 0.5) is 4.79 Å². The van der Waals surface area contributed by atoms with Crippen LogP contribution >= 0.6 is 11.8 Å². The smallest absolute Gasteiger partial charge is 0.410 e. The fourth-order valence-corrected chi connectivity index (χ4v) is 4.53. The second-order valence-corrected chi connectivity index (χ2v) is 8.82. The minimum atomic E-state index is -0.270. The van der Waals surface area contributed by atoms with E-state index >= 15 is 0 Å². The molecule has 1 saturated heterocycles. The molecule has 0 bridgehead atoms. The molecule has 1 fully saturated rings.